The molecule has 0 unspecified atom stereocenters. The number of rotatable bonds is 6. The highest BCUT2D eigenvalue weighted by Crippen LogP contribution is 2.45. The third-order valence-electron chi connectivity index (χ3n) is 5.63. The number of hydrogen-bond donors (Lipinski definition) is 0. The van der Waals surface area contributed by atoms with Crippen molar-refractivity contribution in [3.63, 3.8) is 0 Å². The molecule has 2 aliphatic carbocycles. The van der Waals surface area contributed by atoms with Crippen molar-refractivity contribution in [2.75, 3.05) is 7.11 Å². The molecule has 0 heterocycles. The Bertz CT molecular complexity index is 460. The first kappa shape index (κ1) is 18.0. The van der Waals surface area contributed by atoms with Gasteiger partial charge in [-0.2, -0.15) is 0 Å². The Morgan fingerprint density at radius 2 is 1.78 bits per heavy atom. The summed E-state index contributed by atoms with van der Waals surface area (Å²) >= 11 is 0. The minimum Gasteiger partial charge on any atom is -0.469 e. The first-order chi connectivity index (χ1) is 11.1. The van der Waals surface area contributed by atoms with Gasteiger partial charge in [0.05, 0.1) is 13.0 Å². The fourth-order valence-electron chi connectivity index (χ4n) is 4.34. The summed E-state index contributed by atoms with van der Waals surface area (Å²) in [6.07, 6.45) is 14.0. The molecule has 0 amide bonds. The van der Waals surface area contributed by atoms with Gasteiger partial charge in [0.1, 0.15) is 5.78 Å². The third-order valence-corrected chi connectivity index (χ3v) is 5.63. The normalized spacial score (nSPS) is 32.1. The maximum absolute atomic E-state index is 12.4. The number of allylic oxidation sites excluding steroid dienone is 3. The molecule has 0 aromatic rings. The largest absolute Gasteiger partial charge is 0.469 e. The quantitative estimate of drug-likeness (QED) is 0.541. The van der Waals surface area contributed by atoms with E-state index in [1.807, 2.05) is 13.0 Å². The van der Waals surface area contributed by atoms with Crippen molar-refractivity contribution in [2.45, 2.75) is 51.9 Å². The number of carbonyl (C=O) groups excluding carboxylic acids is 2. The summed E-state index contributed by atoms with van der Waals surface area (Å²) in [6.45, 7) is 5.75. The molecule has 0 saturated heterocycles. The summed E-state index contributed by atoms with van der Waals surface area (Å²) in [7, 11) is 1.42. The summed E-state index contributed by atoms with van der Waals surface area (Å²) in [5.74, 6) is 0.0742. The molecular formula is C20H30O3. The van der Waals surface area contributed by atoms with Crippen LogP contribution in [0.2, 0.25) is 0 Å². The second-order valence-corrected chi connectivity index (χ2v) is 6.98. The van der Waals surface area contributed by atoms with Crippen LogP contribution < -0.4 is 0 Å². The van der Waals surface area contributed by atoms with Gasteiger partial charge in [-0.25, -0.2) is 0 Å². The smallest absolute Gasteiger partial charge is 0.310 e. The fourth-order valence-corrected chi connectivity index (χ4v) is 4.34. The van der Waals surface area contributed by atoms with Crippen molar-refractivity contribution in [1.29, 1.82) is 0 Å². The van der Waals surface area contributed by atoms with Gasteiger partial charge in [0.2, 0.25) is 0 Å². The molecular weight excluding hydrogens is 288 g/mol. The van der Waals surface area contributed by atoms with E-state index in [4.69, 9.17) is 4.74 Å². The highest BCUT2D eigenvalue weighted by atomic mass is 16.5. The van der Waals surface area contributed by atoms with Crippen LogP contribution in [0.15, 0.2) is 24.8 Å². The van der Waals surface area contributed by atoms with E-state index in [1.54, 1.807) is 0 Å². The average molecular weight is 318 g/mol. The molecule has 0 bridgehead atoms. The molecule has 2 saturated carbocycles. The maximum atomic E-state index is 12.4. The summed E-state index contributed by atoms with van der Waals surface area (Å²) in [4.78, 5) is 24.7. The van der Waals surface area contributed by atoms with E-state index in [0.29, 0.717) is 12.3 Å². The fraction of sp³-hybridized carbons (Fsp3) is 0.700. The number of ether oxygens (including phenoxy) is 1. The SMILES string of the molecule is C=C[C@H]1C[C@@H](/C=C/C2CCCCC2)[C@@H](C(=O)OC)[C@H]1C(=O)CC. The van der Waals surface area contributed by atoms with Gasteiger partial charge >= 0.3 is 5.97 Å². The van der Waals surface area contributed by atoms with Crippen LogP contribution in [0, 0.1) is 29.6 Å². The van der Waals surface area contributed by atoms with Crippen LogP contribution in [-0.4, -0.2) is 18.9 Å². The molecule has 4 atom stereocenters. The number of carbonyl (C=O) groups is 2. The molecule has 0 N–H and O–H groups in total. The van der Waals surface area contributed by atoms with E-state index in [9.17, 15) is 9.59 Å². The minimum absolute atomic E-state index is 0.0764. The molecule has 0 aliphatic heterocycles. The van der Waals surface area contributed by atoms with Crippen LogP contribution in [0.3, 0.4) is 0 Å². The third kappa shape index (κ3) is 4.13. The first-order valence-electron chi connectivity index (χ1n) is 9.03. The lowest BCUT2D eigenvalue weighted by atomic mass is 9.82. The molecule has 2 fully saturated rings. The maximum Gasteiger partial charge on any atom is 0.310 e. The average Bonchev–Trinajstić information content (AvgIpc) is 2.98. The summed E-state index contributed by atoms with van der Waals surface area (Å²) in [5.41, 5.74) is 0. The lowest BCUT2D eigenvalue weighted by Gasteiger charge is -2.22. The summed E-state index contributed by atoms with van der Waals surface area (Å²) < 4.78 is 5.01. The molecule has 0 spiro atoms. The molecule has 2 aliphatic rings. The predicted octanol–water partition coefficient (Wildman–Crippen LogP) is 4.33. The zero-order valence-corrected chi connectivity index (χ0v) is 14.5. The van der Waals surface area contributed by atoms with Crippen LogP contribution in [-0.2, 0) is 14.3 Å². The monoisotopic (exact) mass is 318 g/mol. The molecule has 0 radical (unpaired) electrons. The van der Waals surface area contributed by atoms with E-state index in [1.165, 1.54) is 39.2 Å². The van der Waals surface area contributed by atoms with Crippen LogP contribution >= 0.6 is 0 Å². The van der Waals surface area contributed by atoms with Crippen LogP contribution in [0.25, 0.3) is 0 Å². The highest BCUT2D eigenvalue weighted by Gasteiger charge is 2.48. The van der Waals surface area contributed by atoms with Gasteiger partial charge in [-0.1, -0.05) is 44.4 Å². The zero-order valence-electron chi connectivity index (χ0n) is 14.5. The van der Waals surface area contributed by atoms with Crippen LogP contribution in [0.4, 0.5) is 0 Å². The van der Waals surface area contributed by atoms with E-state index in [2.05, 4.69) is 18.7 Å². The van der Waals surface area contributed by atoms with E-state index in [0.717, 1.165) is 6.42 Å². The highest BCUT2D eigenvalue weighted by molar-refractivity contribution is 5.88. The topological polar surface area (TPSA) is 43.4 Å². The number of ketones is 1. The second-order valence-electron chi connectivity index (χ2n) is 6.98. The first-order valence-corrected chi connectivity index (χ1v) is 9.03. The van der Waals surface area contributed by atoms with Crippen molar-refractivity contribution >= 4 is 11.8 Å². The number of methoxy groups -OCH3 is 1. The van der Waals surface area contributed by atoms with Gasteiger partial charge in [-0.05, 0) is 37.0 Å². The molecule has 23 heavy (non-hydrogen) atoms. The Labute approximate surface area is 140 Å². The summed E-state index contributed by atoms with van der Waals surface area (Å²) in [6, 6.07) is 0. The van der Waals surface area contributed by atoms with E-state index < -0.39 is 0 Å². The van der Waals surface area contributed by atoms with Gasteiger partial charge in [0, 0.05) is 12.3 Å². The van der Waals surface area contributed by atoms with Gasteiger partial charge in [-0.15, -0.1) is 6.58 Å². The van der Waals surface area contributed by atoms with Gasteiger partial charge in [0.25, 0.3) is 0 Å². The minimum atomic E-state index is -0.352. The number of Topliss-reactive ketones (excluding diaryl/α,β-unsaturated/α-hetero) is 1. The summed E-state index contributed by atoms with van der Waals surface area (Å²) in [5, 5.41) is 0. The van der Waals surface area contributed by atoms with Crippen LogP contribution in [0.5, 0.6) is 0 Å². The molecule has 0 aromatic carbocycles. The van der Waals surface area contributed by atoms with Crippen molar-refractivity contribution in [1.82, 2.24) is 0 Å². The van der Waals surface area contributed by atoms with Crippen molar-refractivity contribution < 1.29 is 14.3 Å². The van der Waals surface area contributed by atoms with Crippen LogP contribution in [0.1, 0.15) is 51.9 Å². The Kier molecular flexibility index (Phi) is 6.61. The Hall–Kier alpha value is -1.38. The second kappa shape index (κ2) is 8.47. The van der Waals surface area contributed by atoms with E-state index >= 15 is 0 Å². The Morgan fingerprint density at radius 3 is 2.35 bits per heavy atom. The predicted molar refractivity (Wildman–Crippen MR) is 91.8 cm³/mol. The molecule has 2 rings (SSSR count). The van der Waals surface area contributed by atoms with Crippen molar-refractivity contribution in [3.8, 4) is 0 Å². The lowest BCUT2D eigenvalue weighted by Crippen LogP contribution is -2.32. The Balaban J connectivity index is 2.18. The number of hydrogen-bond acceptors (Lipinski definition) is 3. The molecule has 3 nitrogen and oxygen atoms in total. The zero-order chi connectivity index (χ0) is 16.8. The Morgan fingerprint density at radius 1 is 1.09 bits per heavy atom. The molecule has 128 valence electrons. The number of esters is 1. The van der Waals surface area contributed by atoms with Gasteiger partial charge in [0.15, 0.2) is 0 Å². The van der Waals surface area contributed by atoms with E-state index in [-0.39, 0.29) is 35.4 Å². The standard InChI is InChI=1S/C20H30O3/c1-4-15-13-16(12-11-14-9-7-6-8-10-14)19(20(22)23-3)18(15)17(21)5-2/h4,11-12,14-16,18-19H,1,5-10,13H2,2-3H3/b12-11+/t15-,16+,18+,19+/m0/s1. The van der Waals surface area contributed by atoms with Crippen molar-refractivity contribution in [3.05, 3.63) is 24.8 Å². The molecule has 0 aromatic heterocycles. The lowest BCUT2D eigenvalue weighted by molar-refractivity contribution is -0.150. The van der Waals surface area contributed by atoms with Gasteiger partial charge < -0.3 is 4.74 Å². The van der Waals surface area contributed by atoms with Gasteiger partial charge in [-0.3, -0.25) is 9.59 Å². The molecule has 3 heteroatoms. The van der Waals surface area contributed by atoms with Crippen molar-refractivity contribution in [2.24, 2.45) is 29.6 Å².